The van der Waals surface area contributed by atoms with Crippen LogP contribution in [0, 0.1) is 0 Å². The van der Waals surface area contributed by atoms with Gasteiger partial charge in [-0.15, -0.1) is 0 Å². The van der Waals surface area contributed by atoms with Crippen molar-refractivity contribution in [3.8, 4) is 5.75 Å². The lowest BCUT2D eigenvalue weighted by Crippen LogP contribution is -2.47. The topological polar surface area (TPSA) is 47.3 Å². The number of nitrogens with two attached hydrogens (primary N) is 1. The molecule has 0 saturated carbocycles. The van der Waals surface area contributed by atoms with Gasteiger partial charge in [0.1, 0.15) is 11.9 Å². The summed E-state index contributed by atoms with van der Waals surface area (Å²) in [5.74, 6) is 6.67. The third kappa shape index (κ3) is 2.80. The average Bonchev–Trinajstić information content (AvgIpc) is 2.88. The summed E-state index contributed by atoms with van der Waals surface area (Å²) >= 11 is 6.02. The summed E-state index contributed by atoms with van der Waals surface area (Å²) in [5.41, 5.74) is 5.27. The molecular formula is C16H17ClN2O. The van der Waals surface area contributed by atoms with Gasteiger partial charge in [-0.05, 0) is 35.7 Å². The van der Waals surface area contributed by atoms with Crippen LogP contribution in [0.2, 0.25) is 5.02 Å². The van der Waals surface area contributed by atoms with Gasteiger partial charge in [0.25, 0.3) is 0 Å². The Morgan fingerprint density at radius 3 is 2.85 bits per heavy atom. The fourth-order valence-corrected chi connectivity index (χ4v) is 2.86. The third-order valence-electron chi connectivity index (χ3n) is 3.68. The normalized spacial score (nSPS) is 18.4. The maximum absolute atomic E-state index is 6.02. The molecule has 0 aliphatic carbocycles. The Morgan fingerprint density at radius 1 is 1.25 bits per heavy atom. The molecule has 20 heavy (non-hydrogen) atoms. The minimum Gasteiger partial charge on any atom is -0.488 e. The molecule has 0 aromatic heterocycles. The minimum atomic E-state index is 0.0522. The highest BCUT2D eigenvalue weighted by Crippen LogP contribution is 2.30. The van der Waals surface area contributed by atoms with Crippen LogP contribution < -0.4 is 16.0 Å². The van der Waals surface area contributed by atoms with Crippen LogP contribution in [0.5, 0.6) is 5.75 Å². The number of para-hydroxylation sites is 1. The summed E-state index contributed by atoms with van der Waals surface area (Å²) < 4.78 is 5.99. The lowest BCUT2D eigenvalue weighted by molar-refractivity contribution is 0.177. The van der Waals surface area contributed by atoms with E-state index in [1.807, 2.05) is 36.4 Å². The van der Waals surface area contributed by atoms with Crippen molar-refractivity contribution in [3.05, 3.63) is 64.7 Å². The van der Waals surface area contributed by atoms with Crippen molar-refractivity contribution >= 4 is 11.6 Å². The lowest BCUT2D eigenvalue weighted by Gasteiger charge is -2.22. The standard InChI is InChI=1S/C16H17ClN2O/c17-13-6-3-4-11(8-13)9-14(19-18)16-10-12-5-1-2-7-15(12)20-16/h1-8,14,16,19H,9-10,18H2. The highest BCUT2D eigenvalue weighted by atomic mass is 35.5. The molecule has 0 bridgehead atoms. The second-order valence-electron chi connectivity index (χ2n) is 5.08. The van der Waals surface area contributed by atoms with E-state index in [9.17, 15) is 0 Å². The van der Waals surface area contributed by atoms with E-state index < -0.39 is 0 Å². The summed E-state index contributed by atoms with van der Waals surface area (Å²) in [6, 6.07) is 16.0. The highest BCUT2D eigenvalue weighted by Gasteiger charge is 2.29. The van der Waals surface area contributed by atoms with Gasteiger partial charge in [0.15, 0.2) is 0 Å². The van der Waals surface area contributed by atoms with E-state index in [4.69, 9.17) is 22.2 Å². The molecule has 0 amide bonds. The van der Waals surface area contributed by atoms with Gasteiger partial charge in [0.05, 0.1) is 6.04 Å². The van der Waals surface area contributed by atoms with Gasteiger partial charge < -0.3 is 4.74 Å². The molecule has 104 valence electrons. The number of hydrogen-bond acceptors (Lipinski definition) is 3. The van der Waals surface area contributed by atoms with Crippen molar-refractivity contribution in [1.82, 2.24) is 5.43 Å². The number of nitrogens with one attached hydrogen (secondary N) is 1. The Hall–Kier alpha value is -1.55. The number of benzene rings is 2. The van der Waals surface area contributed by atoms with E-state index in [0.717, 1.165) is 29.2 Å². The molecule has 1 aliphatic heterocycles. The highest BCUT2D eigenvalue weighted by molar-refractivity contribution is 6.30. The SMILES string of the molecule is NNC(Cc1cccc(Cl)c1)C1Cc2ccccc2O1. The van der Waals surface area contributed by atoms with Gasteiger partial charge in [-0.2, -0.15) is 0 Å². The number of hydrogen-bond donors (Lipinski definition) is 2. The van der Waals surface area contributed by atoms with E-state index in [-0.39, 0.29) is 12.1 Å². The Kier molecular flexibility index (Phi) is 3.92. The number of hydrazine groups is 1. The largest absolute Gasteiger partial charge is 0.488 e. The van der Waals surface area contributed by atoms with Crippen molar-refractivity contribution in [2.45, 2.75) is 25.0 Å². The van der Waals surface area contributed by atoms with E-state index in [2.05, 4.69) is 17.6 Å². The summed E-state index contributed by atoms with van der Waals surface area (Å²) in [6.07, 6.45) is 1.72. The van der Waals surface area contributed by atoms with Gasteiger partial charge in [0.2, 0.25) is 0 Å². The minimum absolute atomic E-state index is 0.0522. The van der Waals surface area contributed by atoms with Crippen LogP contribution in [-0.4, -0.2) is 12.1 Å². The molecule has 2 aromatic carbocycles. The van der Waals surface area contributed by atoms with E-state index in [0.29, 0.717) is 0 Å². The van der Waals surface area contributed by atoms with Crippen molar-refractivity contribution in [2.24, 2.45) is 5.84 Å². The Labute approximate surface area is 123 Å². The Bertz CT molecular complexity index is 578. The Balaban J connectivity index is 1.72. The predicted octanol–water partition coefficient (Wildman–Crippen LogP) is 2.72. The molecule has 2 aromatic rings. The number of rotatable bonds is 4. The van der Waals surface area contributed by atoms with Gasteiger partial charge in [-0.1, -0.05) is 41.9 Å². The first-order chi connectivity index (χ1) is 9.76. The van der Waals surface area contributed by atoms with Gasteiger partial charge >= 0.3 is 0 Å². The lowest BCUT2D eigenvalue weighted by atomic mass is 9.98. The first kappa shape index (κ1) is 13.4. The fourth-order valence-electron chi connectivity index (χ4n) is 2.65. The molecule has 0 fully saturated rings. The smallest absolute Gasteiger partial charge is 0.123 e. The first-order valence-corrected chi connectivity index (χ1v) is 7.09. The van der Waals surface area contributed by atoms with Crippen molar-refractivity contribution in [2.75, 3.05) is 0 Å². The zero-order valence-electron chi connectivity index (χ0n) is 11.1. The van der Waals surface area contributed by atoms with Crippen LogP contribution in [0.15, 0.2) is 48.5 Å². The van der Waals surface area contributed by atoms with Crippen LogP contribution in [0.3, 0.4) is 0 Å². The van der Waals surface area contributed by atoms with E-state index in [1.54, 1.807) is 0 Å². The summed E-state index contributed by atoms with van der Waals surface area (Å²) in [4.78, 5) is 0. The van der Waals surface area contributed by atoms with Crippen molar-refractivity contribution < 1.29 is 4.74 Å². The number of halogens is 1. The van der Waals surface area contributed by atoms with Crippen LogP contribution in [-0.2, 0) is 12.8 Å². The molecule has 0 radical (unpaired) electrons. The molecule has 2 atom stereocenters. The molecule has 2 unspecified atom stereocenters. The maximum Gasteiger partial charge on any atom is 0.123 e. The van der Waals surface area contributed by atoms with Crippen LogP contribution in [0.1, 0.15) is 11.1 Å². The third-order valence-corrected chi connectivity index (χ3v) is 3.91. The molecule has 1 aliphatic rings. The van der Waals surface area contributed by atoms with Gasteiger partial charge in [0, 0.05) is 11.4 Å². The van der Waals surface area contributed by atoms with Crippen molar-refractivity contribution in [3.63, 3.8) is 0 Å². The first-order valence-electron chi connectivity index (χ1n) is 6.71. The predicted molar refractivity (Wildman–Crippen MR) is 80.8 cm³/mol. The number of fused-ring (bicyclic) bond motifs is 1. The average molecular weight is 289 g/mol. The molecule has 3 rings (SSSR count). The van der Waals surface area contributed by atoms with Crippen molar-refractivity contribution in [1.29, 1.82) is 0 Å². The molecule has 0 saturated heterocycles. The summed E-state index contributed by atoms with van der Waals surface area (Å²) in [5, 5.41) is 0.744. The molecule has 1 heterocycles. The summed E-state index contributed by atoms with van der Waals surface area (Å²) in [6.45, 7) is 0. The van der Waals surface area contributed by atoms with Gasteiger partial charge in [-0.25, -0.2) is 0 Å². The van der Waals surface area contributed by atoms with Gasteiger partial charge in [-0.3, -0.25) is 11.3 Å². The molecule has 0 spiro atoms. The quantitative estimate of drug-likeness (QED) is 0.672. The molecular weight excluding hydrogens is 272 g/mol. The van der Waals surface area contributed by atoms with Crippen LogP contribution in [0.25, 0.3) is 0 Å². The Morgan fingerprint density at radius 2 is 2.10 bits per heavy atom. The second-order valence-corrected chi connectivity index (χ2v) is 5.51. The van der Waals surface area contributed by atoms with E-state index >= 15 is 0 Å². The van der Waals surface area contributed by atoms with E-state index in [1.165, 1.54) is 5.56 Å². The fraction of sp³-hybridized carbons (Fsp3) is 0.250. The molecule has 4 heteroatoms. The zero-order valence-corrected chi connectivity index (χ0v) is 11.8. The second kappa shape index (κ2) is 5.83. The van der Waals surface area contributed by atoms with Crippen LogP contribution in [0.4, 0.5) is 0 Å². The number of ether oxygens (including phenoxy) is 1. The molecule has 3 nitrogen and oxygen atoms in total. The zero-order chi connectivity index (χ0) is 13.9. The monoisotopic (exact) mass is 288 g/mol. The summed E-state index contributed by atoms with van der Waals surface area (Å²) in [7, 11) is 0. The molecule has 3 N–H and O–H groups in total. The van der Waals surface area contributed by atoms with Crippen LogP contribution >= 0.6 is 11.6 Å². The maximum atomic E-state index is 6.02.